The third-order valence-electron chi connectivity index (χ3n) is 12.2. The van der Waals surface area contributed by atoms with Crippen molar-refractivity contribution in [1.82, 2.24) is 4.57 Å². The third kappa shape index (κ3) is 5.33. The largest absolute Gasteiger partial charge is 0.310 e. The van der Waals surface area contributed by atoms with Crippen LogP contribution in [0.4, 0.5) is 17.1 Å². The summed E-state index contributed by atoms with van der Waals surface area (Å²) in [5.41, 5.74) is 17.3. The van der Waals surface area contributed by atoms with Crippen molar-refractivity contribution >= 4 is 49.6 Å². The second-order valence-corrected chi connectivity index (χ2v) is 15.8. The normalized spacial score (nSPS) is 12.9. The van der Waals surface area contributed by atoms with Gasteiger partial charge < -0.3 is 9.47 Å². The Morgan fingerprint density at radius 2 is 1.00 bits per heavy atom. The molecule has 270 valence electrons. The van der Waals surface area contributed by atoms with Crippen LogP contribution < -0.4 is 4.90 Å². The van der Waals surface area contributed by atoms with Crippen LogP contribution in [-0.4, -0.2) is 4.57 Å². The highest BCUT2D eigenvalue weighted by Crippen LogP contribution is 2.49. The number of anilines is 3. The number of rotatable bonds is 6. The molecule has 11 rings (SSSR count). The number of benzene rings is 9. The molecule has 0 fully saturated rings. The molecule has 0 bridgehead atoms. The maximum atomic E-state index is 2.43. The van der Waals surface area contributed by atoms with Crippen LogP contribution in [0.2, 0.25) is 0 Å². The van der Waals surface area contributed by atoms with Crippen LogP contribution in [0, 0.1) is 0 Å². The Hall–Kier alpha value is -7.16. The first kappa shape index (κ1) is 33.2. The fourth-order valence-corrected chi connectivity index (χ4v) is 9.35. The fraction of sp³-hybridized carbons (Fsp3) is 0.0545. The van der Waals surface area contributed by atoms with Crippen LogP contribution in [0.15, 0.2) is 206 Å². The van der Waals surface area contributed by atoms with Crippen molar-refractivity contribution in [3.63, 3.8) is 0 Å². The molecule has 0 amide bonds. The monoisotopic (exact) mass is 728 g/mol. The Labute approximate surface area is 333 Å². The number of aromatic nitrogens is 1. The van der Waals surface area contributed by atoms with Gasteiger partial charge in [0.25, 0.3) is 0 Å². The highest BCUT2D eigenvalue weighted by atomic mass is 15.1. The number of para-hydroxylation sites is 2. The van der Waals surface area contributed by atoms with E-state index in [0.29, 0.717) is 0 Å². The molecule has 1 aromatic heterocycles. The van der Waals surface area contributed by atoms with E-state index in [-0.39, 0.29) is 5.41 Å². The lowest BCUT2D eigenvalue weighted by molar-refractivity contribution is 0.660. The number of hydrogen-bond acceptors (Lipinski definition) is 1. The summed E-state index contributed by atoms with van der Waals surface area (Å²) in [7, 11) is 0. The summed E-state index contributed by atoms with van der Waals surface area (Å²) < 4.78 is 2.43. The zero-order valence-electron chi connectivity index (χ0n) is 32.0. The Kier molecular flexibility index (Phi) is 7.55. The summed E-state index contributed by atoms with van der Waals surface area (Å²) in [5.74, 6) is 0. The second-order valence-electron chi connectivity index (χ2n) is 15.8. The first-order chi connectivity index (χ1) is 28.0. The molecular formula is C55H40N2. The SMILES string of the molecule is CC1(C)c2ccccc2-c2ccc(-c3cccc(-n4c5ccccc5c5cc(-c6ccc(N(c7ccccc7)c7cccc8ccccc78)cc6)ccc54)c3)cc21. The van der Waals surface area contributed by atoms with E-state index in [1.807, 2.05) is 0 Å². The summed E-state index contributed by atoms with van der Waals surface area (Å²) in [5, 5.41) is 4.95. The molecule has 1 heterocycles. The molecule has 0 unspecified atom stereocenters. The van der Waals surface area contributed by atoms with Crippen molar-refractivity contribution in [3.8, 4) is 39.1 Å². The van der Waals surface area contributed by atoms with Gasteiger partial charge in [-0.3, -0.25) is 0 Å². The zero-order valence-corrected chi connectivity index (χ0v) is 32.0. The molecule has 0 aliphatic heterocycles. The summed E-state index contributed by atoms with van der Waals surface area (Å²) in [6.07, 6.45) is 0. The predicted molar refractivity (Wildman–Crippen MR) is 241 cm³/mol. The summed E-state index contributed by atoms with van der Waals surface area (Å²) in [4.78, 5) is 2.36. The van der Waals surface area contributed by atoms with Gasteiger partial charge in [0.2, 0.25) is 0 Å². The number of nitrogens with zero attached hydrogens (tertiary/aromatic N) is 2. The van der Waals surface area contributed by atoms with Crippen molar-refractivity contribution in [2.24, 2.45) is 0 Å². The molecular weight excluding hydrogens is 689 g/mol. The van der Waals surface area contributed by atoms with Crippen molar-refractivity contribution in [3.05, 3.63) is 217 Å². The molecule has 0 atom stereocenters. The van der Waals surface area contributed by atoms with Gasteiger partial charge in [0.1, 0.15) is 0 Å². The Bertz CT molecular complexity index is 3140. The topological polar surface area (TPSA) is 8.17 Å². The van der Waals surface area contributed by atoms with E-state index in [0.717, 1.165) is 22.7 Å². The molecule has 9 aromatic carbocycles. The summed E-state index contributed by atoms with van der Waals surface area (Å²) in [6, 6.07) is 75.5. The van der Waals surface area contributed by atoms with Crippen LogP contribution in [0.1, 0.15) is 25.0 Å². The standard InChI is InChI=1S/C55H40N2/c1-55(2)50-23-10-8-21-46(50)47-32-28-41(36-51(47)55)39-16-12-19-44(34-39)57-53-24-11-9-22-48(53)49-35-40(29-33-54(49)57)37-26-30-43(31-27-37)56(42-17-4-3-5-18-42)52-25-13-15-38-14-6-7-20-45(38)52/h3-36H,1-2H3. The Morgan fingerprint density at radius 1 is 0.386 bits per heavy atom. The second kappa shape index (κ2) is 13.0. The predicted octanol–water partition coefficient (Wildman–Crippen LogP) is 15.0. The average Bonchev–Trinajstić information content (AvgIpc) is 3.72. The van der Waals surface area contributed by atoms with Gasteiger partial charge in [-0.2, -0.15) is 0 Å². The Balaban J connectivity index is 0.977. The lowest BCUT2D eigenvalue weighted by Crippen LogP contribution is -2.14. The van der Waals surface area contributed by atoms with Crippen LogP contribution >= 0.6 is 0 Å². The third-order valence-corrected chi connectivity index (χ3v) is 12.2. The minimum atomic E-state index is -0.0392. The number of hydrogen-bond donors (Lipinski definition) is 0. The van der Waals surface area contributed by atoms with Crippen molar-refractivity contribution in [1.29, 1.82) is 0 Å². The highest BCUT2D eigenvalue weighted by molar-refractivity contribution is 6.10. The van der Waals surface area contributed by atoms with Gasteiger partial charge in [0.15, 0.2) is 0 Å². The number of fused-ring (bicyclic) bond motifs is 7. The quantitative estimate of drug-likeness (QED) is 0.165. The molecule has 0 N–H and O–H groups in total. The molecule has 0 radical (unpaired) electrons. The minimum absolute atomic E-state index is 0.0392. The van der Waals surface area contributed by atoms with Crippen molar-refractivity contribution in [2.45, 2.75) is 19.3 Å². The van der Waals surface area contributed by atoms with E-state index >= 15 is 0 Å². The van der Waals surface area contributed by atoms with Crippen molar-refractivity contribution < 1.29 is 0 Å². The van der Waals surface area contributed by atoms with Crippen molar-refractivity contribution in [2.75, 3.05) is 4.90 Å². The average molecular weight is 729 g/mol. The molecule has 10 aromatic rings. The van der Waals surface area contributed by atoms with E-state index in [1.54, 1.807) is 0 Å². The van der Waals surface area contributed by atoms with Gasteiger partial charge >= 0.3 is 0 Å². The molecule has 2 nitrogen and oxygen atoms in total. The van der Waals surface area contributed by atoms with Crippen LogP contribution in [0.25, 0.3) is 71.6 Å². The smallest absolute Gasteiger partial charge is 0.0541 e. The first-order valence-corrected chi connectivity index (χ1v) is 19.8. The van der Waals surface area contributed by atoms with Gasteiger partial charge in [-0.1, -0.05) is 153 Å². The van der Waals surface area contributed by atoms with Gasteiger partial charge in [-0.05, 0) is 117 Å². The van der Waals surface area contributed by atoms with E-state index in [9.17, 15) is 0 Å². The van der Waals surface area contributed by atoms with Crippen LogP contribution in [-0.2, 0) is 5.41 Å². The maximum Gasteiger partial charge on any atom is 0.0541 e. The molecule has 1 aliphatic carbocycles. The molecule has 0 saturated heterocycles. The maximum absolute atomic E-state index is 2.43. The van der Waals surface area contributed by atoms with Gasteiger partial charge in [0.05, 0.1) is 16.7 Å². The lowest BCUT2D eigenvalue weighted by Gasteiger charge is -2.27. The van der Waals surface area contributed by atoms with Crippen LogP contribution in [0.3, 0.4) is 0 Å². The van der Waals surface area contributed by atoms with Gasteiger partial charge in [-0.25, -0.2) is 0 Å². The van der Waals surface area contributed by atoms with Crippen LogP contribution in [0.5, 0.6) is 0 Å². The summed E-state index contributed by atoms with van der Waals surface area (Å²) >= 11 is 0. The fourth-order valence-electron chi connectivity index (χ4n) is 9.35. The first-order valence-electron chi connectivity index (χ1n) is 19.8. The van der Waals surface area contributed by atoms with E-state index < -0.39 is 0 Å². The van der Waals surface area contributed by atoms with E-state index in [2.05, 4.69) is 230 Å². The zero-order chi connectivity index (χ0) is 38.1. The molecule has 0 saturated carbocycles. The van der Waals surface area contributed by atoms with Gasteiger partial charge in [0, 0.05) is 38.6 Å². The highest BCUT2D eigenvalue weighted by Gasteiger charge is 2.35. The molecule has 0 spiro atoms. The van der Waals surface area contributed by atoms with E-state index in [1.165, 1.54) is 77.1 Å². The Morgan fingerprint density at radius 3 is 1.88 bits per heavy atom. The minimum Gasteiger partial charge on any atom is -0.310 e. The summed E-state index contributed by atoms with van der Waals surface area (Å²) in [6.45, 7) is 4.70. The van der Waals surface area contributed by atoms with Gasteiger partial charge in [-0.15, -0.1) is 0 Å². The molecule has 2 heteroatoms. The molecule has 57 heavy (non-hydrogen) atoms. The van der Waals surface area contributed by atoms with E-state index in [4.69, 9.17) is 0 Å². The lowest BCUT2D eigenvalue weighted by atomic mass is 9.81. The molecule has 1 aliphatic rings.